The number of rotatable bonds is 4. The zero-order valence-corrected chi connectivity index (χ0v) is 15.6. The van der Waals surface area contributed by atoms with Gasteiger partial charge in [-0.25, -0.2) is 15.1 Å². The molecule has 0 aliphatic carbocycles. The van der Waals surface area contributed by atoms with Crippen LogP contribution in [0.2, 0.25) is 0 Å². The number of piperidine rings is 1. The zero-order valence-electron chi connectivity index (χ0n) is 15.6. The molecule has 3 saturated heterocycles. The van der Waals surface area contributed by atoms with Crippen molar-refractivity contribution in [3.8, 4) is 0 Å². The molecule has 0 spiro atoms. The molecule has 3 atom stereocenters. The summed E-state index contributed by atoms with van der Waals surface area (Å²) in [5, 5.41) is 2.85. The van der Waals surface area contributed by atoms with Gasteiger partial charge in [-0.1, -0.05) is 0 Å². The first-order valence-electron chi connectivity index (χ1n) is 9.23. The van der Waals surface area contributed by atoms with Crippen LogP contribution in [0.4, 0.5) is 9.59 Å². The fraction of sp³-hybridized carbons (Fsp3) is 0.824. The minimum atomic E-state index is -0.547. The van der Waals surface area contributed by atoms with E-state index in [9.17, 15) is 14.4 Å². The molecule has 3 aliphatic rings. The van der Waals surface area contributed by atoms with Gasteiger partial charge in [-0.3, -0.25) is 9.63 Å². The van der Waals surface area contributed by atoms with Gasteiger partial charge in [0.2, 0.25) is 0 Å². The van der Waals surface area contributed by atoms with Crippen LogP contribution in [0.3, 0.4) is 0 Å². The van der Waals surface area contributed by atoms with Crippen LogP contribution in [0.5, 0.6) is 0 Å². The van der Waals surface area contributed by atoms with E-state index >= 15 is 0 Å². The van der Waals surface area contributed by atoms with Crippen LogP contribution in [0, 0.1) is 0 Å². The highest BCUT2D eigenvalue weighted by molar-refractivity contribution is 5.88. The number of ether oxygens (including phenoxy) is 1. The van der Waals surface area contributed by atoms with E-state index in [4.69, 9.17) is 9.57 Å². The van der Waals surface area contributed by atoms with Gasteiger partial charge in [0.05, 0.1) is 12.6 Å². The molecule has 0 aromatic rings. The fourth-order valence-electron chi connectivity index (χ4n) is 3.69. The van der Waals surface area contributed by atoms with Gasteiger partial charge in [0.25, 0.3) is 5.91 Å². The first-order valence-corrected chi connectivity index (χ1v) is 9.23. The molecule has 9 nitrogen and oxygen atoms in total. The number of urea groups is 1. The van der Waals surface area contributed by atoms with Crippen LogP contribution >= 0.6 is 0 Å². The molecule has 0 aromatic heterocycles. The maximum absolute atomic E-state index is 12.3. The topological polar surface area (TPSA) is 100 Å². The van der Waals surface area contributed by atoms with Crippen LogP contribution in [0.15, 0.2) is 0 Å². The van der Waals surface area contributed by atoms with Crippen LogP contribution in [0.1, 0.15) is 46.5 Å². The van der Waals surface area contributed by atoms with Crippen molar-refractivity contribution in [2.24, 2.45) is 0 Å². The van der Waals surface area contributed by atoms with E-state index in [1.54, 1.807) is 9.80 Å². The summed E-state index contributed by atoms with van der Waals surface area (Å²) in [6, 6.07) is -0.678. The summed E-state index contributed by atoms with van der Waals surface area (Å²) >= 11 is 0. The van der Waals surface area contributed by atoms with Gasteiger partial charge < -0.3 is 19.9 Å². The van der Waals surface area contributed by atoms with E-state index in [1.807, 2.05) is 20.8 Å². The Bertz CT molecular complexity index is 576. The van der Waals surface area contributed by atoms with E-state index in [-0.39, 0.29) is 36.7 Å². The Hall–Kier alpha value is -2.03. The van der Waals surface area contributed by atoms with Crippen molar-refractivity contribution >= 4 is 18.0 Å². The SMILES string of the molecule is CC(C)(C)OC(=O)N1CCC[C@H]1CONC(=O)[C@@H]1CC[C@@H]2CN1C(=O)N2. The summed E-state index contributed by atoms with van der Waals surface area (Å²) in [6.45, 7) is 6.87. The molecule has 4 amide bonds. The molecule has 0 radical (unpaired) electrons. The molecule has 3 aliphatic heterocycles. The van der Waals surface area contributed by atoms with Gasteiger partial charge in [-0.05, 0) is 46.5 Å². The van der Waals surface area contributed by atoms with Crippen molar-refractivity contribution in [1.82, 2.24) is 20.6 Å². The zero-order chi connectivity index (χ0) is 18.9. The van der Waals surface area contributed by atoms with E-state index < -0.39 is 11.6 Å². The number of amides is 4. The molecule has 26 heavy (non-hydrogen) atoms. The first-order chi connectivity index (χ1) is 12.2. The maximum Gasteiger partial charge on any atom is 0.410 e. The van der Waals surface area contributed by atoms with E-state index in [0.29, 0.717) is 19.5 Å². The Labute approximate surface area is 153 Å². The summed E-state index contributed by atoms with van der Waals surface area (Å²) in [4.78, 5) is 45.0. The number of hydroxylamine groups is 1. The van der Waals surface area contributed by atoms with Gasteiger partial charge in [0.15, 0.2) is 0 Å². The van der Waals surface area contributed by atoms with Crippen LogP contribution < -0.4 is 10.8 Å². The average molecular weight is 368 g/mol. The second kappa shape index (κ2) is 7.30. The van der Waals surface area contributed by atoms with Gasteiger partial charge in [-0.15, -0.1) is 0 Å². The Kier molecular flexibility index (Phi) is 5.27. The normalized spacial score (nSPS) is 28.1. The third kappa shape index (κ3) is 4.20. The van der Waals surface area contributed by atoms with Crippen molar-refractivity contribution < 1.29 is 24.0 Å². The molecule has 0 aromatic carbocycles. The van der Waals surface area contributed by atoms with E-state index in [0.717, 1.165) is 19.3 Å². The monoisotopic (exact) mass is 368 g/mol. The third-order valence-corrected chi connectivity index (χ3v) is 4.93. The molecule has 3 rings (SSSR count). The molecule has 3 fully saturated rings. The lowest BCUT2D eigenvalue weighted by Crippen LogP contribution is -2.50. The van der Waals surface area contributed by atoms with Crippen molar-refractivity contribution in [2.75, 3.05) is 19.7 Å². The van der Waals surface area contributed by atoms with Crippen LogP contribution in [-0.2, 0) is 14.4 Å². The van der Waals surface area contributed by atoms with Gasteiger partial charge >= 0.3 is 12.1 Å². The number of hydrogen-bond acceptors (Lipinski definition) is 5. The predicted molar refractivity (Wildman–Crippen MR) is 92.1 cm³/mol. The van der Waals surface area contributed by atoms with Gasteiger partial charge in [0.1, 0.15) is 11.6 Å². The highest BCUT2D eigenvalue weighted by atomic mass is 16.7. The Balaban J connectivity index is 1.46. The summed E-state index contributed by atoms with van der Waals surface area (Å²) in [6.07, 6.45) is 2.72. The molecular formula is C17H28N4O5. The number of hydrogen-bond donors (Lipinski definition) is 2. The van der Waals surface area contributed by atoms with Crippen LogP contribution in [0.25, 0.3) is 0 Å². The van der Waals surface area contributed by atoms with Crippen LogP contribution in [-0.4, -0.2) is 71.3 Å². The highest BCUT2D eigenvalue weighted by Gasteiger charge is 2.42. The van der Waals surface area contributed by atoms with Crippen molar-refractivity contribution in [1.29, 1.82) is 0 Å². The number of likely N-dealkylation sites (tertiary alicyclic amines) is 1. The molecule has 9 heteroatoms. The quantitative estimate of drug-likeness (QED) is 0.721. The minimum absolute atomic E-state index is 0.129. The smallest absolute Gasteiger partial charge is 0.410 e. The van der Waals surface area contributed by atoms with E-state index in [2.05, 4.69) is 10.8 Å². The molecule has 2 bridgehead atoms. The lowest BCUT2D eigenvalue weighted by molar-refractivity contribution is -0.139. The maximum atomic E-state index is 12.3. The summed E-state index contributed by atoms with van der Waals surface area (Å²) < 4.78 is 5.41. The number of carbonyl (C=O) groups is 3. The predicted octanol–water partition coefficient (Wildman–Crippen LogP) is 0.990. The first kappa shape index (κ1) is 18.8. The van der Waals surface area contributed by atoms with E-state index in [1.165, 1.54) is 0 Å². The Morgan fingerprint density at radius 3 is 2.77 bits per heavy atom. The molecule has 3 heterocycles. The summed E-state index contributed by atoms with van der Waals surface area (Å²) in [5.41, 5.74) is 1.90. The van der Waals surface area contributed by atoms with Crippen molar-refractivity contribution in [3.05, 3.63) is 0 Å². The lowest BCUT2D eigenvalue weighted by Gasteiger charge is -2.30. The fourth-order valence-corrected chi connectivity index (χ4v) is 3.69. The van der Waals surface area contributed by atoms with Gasteiger partial charge in [0, 0.05) is 19.1 Å². The largest absolute Gasteiger partial charge is 0.444 e. The molecule has 0 unspecified atom stereocenters. The lowest BCUT2D eigenvalue weighted by atomic mass is 10.0. The molecular weight excluding hydrogens is 340 g/mol. The number of carbonyl (C=O) groups excluding carboxylic acids is 3. The van der Waals surface area contributed by atoms with Gasteiger partial charge in [-0.2, -0.15) is 0 Å². The molecule has 146 valence electrons. The highest BCUT2D eigenvalue weighted by Crippen LogP contribution is 2.23. The molecule has 0 saturated carbocycles. The number of nitrogens with one attached hydrogen (secondary N) is 2. The standard InChI is InChI=1S/C17H28N4O5/c1-17(2,3)26-16(24)20-8-4-5-12(20)10-25-19-14(22)13-7-6-11-9-21(13)15(23)18-11/h11-13H,4-10H2,1-3H3,(H,18,23)(H,19,22)/t11-,12+,13+/m1/s1. The Morgan fingerprint density at radius 2 is 2.04 bits per heavy atom. The second-order valence-electron chi connectivity index (χ2n) is 8.14. The Morgan fingerprint density at radius 1 is 1.27 bits per heavy atom. The third-order valence-electron chi connectivity index (χ3n) is 4.93. The molecule has 2 N–H and O–H groups in total. The second-order valence-corrected chi connectivity index (χ2v) is 8.14. The summed E-state index contributed by atoms with van der Waals surface area (Å²) in [7, 11) is 0. The van der Waals surface area contributed by atoms with Crippen molar-refractivity contribution in [2.45, 2.75) is 70.2 Å². The minimum Gasteiger partial charge on any atom is -0.444 e. The number of fused-ring (bicyclic) bond motifs is 2. The summed E-state index contributed by atoms with van der Waals surface area (Å²) in [5.74, 6) is -0.317. The average Bonchev–Trinajstić information content (AvgIpc) is 3.11. The van der Waals surface area contributed by atoms with Crippen molar-refractivity contribution in [3.63, 3.8) is 0 Å². The number of nitrogens with zero attached hydrogens (tertiary/aromatic N) is 2.